The third-order valence-electron chi connectivity index (χ3n) is 3.30. The first kappa shape index (κ1) is 13.3. The van der Waals surface area contributed by atoms with Crippen molar-refractivity contribution in [1.82, 2.24) is 10.3 Å². The van der Waals surface area contributed by atoms with E-state index in [1.165, 1.54) is 0 Å². The number of nitriles is 1. The summed E-state index contributed by atoms with van der Waals surface area (Å²) in [7, 11) is 0. The molecule has 1 atom stereocenters. The van der Waals surface area contributed by atoms with Crippen LogP contribution in [0.1, 0.15) is 17.0 Å². The lowest BCUT2D eigenvalue weighted by molar-refractivity contribution is -0.119. The number of hydrogen-bond donors (Lipinski definition) is 2. The van der Waals surface area contributed by atoms with Crippen LogP contribution in [-0.2, 0) is 4.79 Å². The number of nitrogens with two attached hydrogens (primary N) is 1. The average Bonchev–Trinajstić information content (AvgIpc) is 2.37. The molecule has 1 amide bonds. The van der Waals surface area contributed by atoms with Crippen LogP contribution in [0.4, 0.5) is 5.69 Å². The Morgan fingerprint density at radius 2 is 2.37 bits per heavy atom. The Hall–Kier alpha value is -2.13. The van der Waals surface area contributed by atoms with Crippen LogP contribution >= 0.6 is 0 Å². The van der Waals surface area contributed by atoms with E-state index in [2.05, 4.69) is 16.4 Å². The van der Waals surface area contributed by atoms with Gasteiger partial charge in [0.25, 0.3) is 0 Å². The summed E-state index contributed by atoms with van der Waals surface area (Å²) in [6, 6.07) is 3.58. The molecule has 1 aliphatic heterocycles. The molecule has 3 N–H and O–H groups in total. The van der Waals surface area contributed by atoms with Crippen molar-refractivity contribution in [1.29, 1.82) is 5.26 Å². The summed E-state index contributed by atoms with van der Waals surface area (Å²) in [5.74, 6) is -0.386. The molecule has 19 heavy (non-hydrogen) atoms. The van der Waals surface area contributed by atoms with Crippen molar-refractivity contribution in [2.24, 2.45) is 5.73 Å². The summed E-state index contributed by atoms with van der Waals surface area (Å²) < 4.78 is 0. The minimum atomic E-state index is -0.429. The fraction of sp³-hybridized carbons (Fsp3) is 0.462. The molecule has 0 aromatic carbocycles. The van der Waals surface area contributed by atoms with Crippen LogP contribution in [-0.4, -0.2) is 36.6 Å². The zero-order valence-electron chi connectivity index (χ0n) is 11.1. The number of carbonyl (C=O) groups is 1. The molecule has 0 spiro atoms. The van der Waals surface area contributed by atoms with E-state index in [1.807, 2.05) is 17.9 Å². The quantitative estimate of drug-likeness (QED) is 0.769. The van der Waals surface area contributed by atoms with Gasteiger partial charge in [-0.1, -0.05) is 0 Å². The van der Waals surface area contributed by atoms with E-state index in [-0.39, 0.29) is 5.91 Å². The molecule has 0 aliphatic carbocycles. The smallest absolute Gasteiger partial charge is 0.241 e. The first-order chi connectivity index (χ1) is 9.04. The molecule has 2 heterocycles. The van der Waals surface area contributed by atoms with E-state index in [0.717, 1.165) is 17.9 Å². The van der Waals surface area contributed by atoms with Crippen molar-refractivity contribution in [2.75, 3.05) is 24.5 Å². The van der Waals surface area contributed by atoms with Gasteiger partial charge in [0, 0.05) is 25.3 Å². The van der Waals surface area contributed by atoms with Gasteiger partial charge >= 0.3 is 0 Å². The van der Waals surface area contributed by atoms with Crippen molar-refractivity contribution in [3.63, 3.8) is 0 Å². The number of nitrogens with one attached hydrogen (secondary N) is 1. The molecule has 2 rings (SSSR count). The predicted molar refractivity (Wildman–Crippen MR) is 71.6 cm³/mol. The number of hydrogen-bond acceptors (Lipinski definition) is 5. The average molecular weight is 259 g/mol. The SMILES string of the molecule is Cc1cc(N2CCNCC2C(N)=O)c(C#N)c(C)n1. The minimum absolute atomic E-state index is 0.386. The molecular formula is C13H17N5O. The number of rotatable bonds is 2. The molecule has 6 nitrogen and oxygen atoms in total. The van der Waals surface area contributed by atoms with Gasteiger partial charge in [-0.3, -0.25) is 9.78 Å². The Morgan fingerprint density at radius 1 is 1.63 bits per heavy atom. The Bertz CT molecular complexity index is 549. The topological polar surface area (TPSA) is 95.0 Å². The number of anilines is 1. The molecule has 6 heteroatoms. The Kier molecular flexibility index (Phi) is 3.67. The van der Waals surface area contributed by atoms with E-state index in [4.69, 9.17) is 5.73 Å². The van der Waals surface area contributed by atoms with Gasteiger partial charge in [-0.05, 0) is 19.9 Å². The predicted octanol–water partition coefficient (Wildman–Crippen LogP) is -0.166. The van der Waals surface area contributed by atoms with Crippen LogP contribution in [0.2, 0.25) is 0 Å². The van der Waals surface area contributed by atoms with Gasteiger partial charge in [0.1, 0.15) is 12.1 Å². The maximum Gasteiger partial charge on any atom is 0.241 e. The van der Waals surface area contributed by atoms with Gasteiger partial charge in [0.2, 0.25) is 5.91 Å². The van der Waals surface area contributed by atoms with Crippen LogP contribution in [0, 0.1) is 25.2 Å². The van der Waals surface area contributed by atoms with E-state index >= 15 is 0 Å². The Morgan fingerprint density at radius 3 is 3.00 bits per heavy atom. The fourth-order valence-corrected chi connectivity index (χ4v) is 2.42. The Labute approximate surface area is 112 Å². The summed E-state index contributed by atoms with van der Waals surface area (Å²) in [6.45, 7) is 5.58. The van der Waals surface area contributed by atoms with Crippen LogP contribution < -0.4 is 16.0 Å². The van der Waals surface area contributed by atoms with E-state index < -0.39 is 6.04 Å². The van der Waals surface area contributed by atoms with E-state index in [9.17, 15) is 10.1 Å². The monoisotopic (exact) mass is 259 g/mol. The summed E-state index contributed by atoms with van der Waals surface area (Å²) in [5, 5.41) is 12.4. The number of aryl methyl sites for hydroxylation is 2. The van der Waals surface area contributed by atoms with Crippen molar-refractivity contribution >= 4 is 11.6 Å². The molecule has 100 valence electrons. The summed E-state index contributed by atoms with van der Waals surface area (Å²) in [6.07, 6.45) is 0. The maximum atomic E-state index is 11.5. The van der Waals surface area contributed by atoms with Gasteiger partial charge in [0.05, 0.1) is 16.9 Å². The highest BCUT2D eigenvalue weighted by molar-refractivity contribution is 5.85. The number of pyridine rings is 1. The van der Waals surface area contributed by atoms with Gasteiger partial charge in [0.15, 0.2) is 0 Å². The lowest BCUT2D eigenvalue weighted by Gasteiger charge is -2.36. The summed E-state index contributed by atoms with van der Waals surface area (Å²) >= 11 is 0. The maximum absolute atomic E-state index is 11.5. The molecule has 0 radical (unpaired) electrons. The molecule has 0 bridgehead atoms. The molecule has 1 saturated heterocycles. The molecule has 1 unspecified atom stereocenters. The standard InChI is InChI=1S/C13H17N5O/c1-8-5-11(10(6-14)9(2)17-8)18-4-3-16-7-12(18)13(15)19/h5,12,16H,3-4,7H2,1-2H3,(H2,15,19). The van der Waals surface area contributed by atoms with Crippen molar-refractivity contribution in [2.45, 2.75) is 19.9 Å². The molecule has 1 aromatic heterocycles. The zero-order valence-corrected chi connectivity index (χ0v) is 11.1. The normalized spacial score (nSPS) is 19.0. The second kappa shape index (κ2) is 5.24. The number of piperazine rings is 1. The molecule has 0 saturated carbocycles. The number of nitrogens with zero attached hydrogens (tertiary/aromatic N) is 3. The zero-order chi connectivity index (χ0) is 14.0. The highest BCUT2D eigenvalue weighted by atomic mass is 16.1. The second-order valence-electron chi connectivity index (χ2n) is 4.67. The van der Waals surface area contributed by atoms with E-state index in [1.54, 1.807) is 6.92 Å². The largest absolute Gasteiger partial charge is 0.368 e. The van der Waals surface area contributed by atoms with Crippen molar-refractivity contribution in [3.05, 3.63) is 23.0 Å². The van der Waals surface area contributed by atoms with Gasteiger partial charge in [-0.25, -0.2) is 0 Å². The van der Waals surface area contributed by atoms with Gasteiger partial charge in [-0.15, -0.1) is 0 Å². The van der Waals surface area contributed by atoms with Gasteiger partial charge < -0.3 is 16.0 Å². The van der Waals surface area contributed by atoms with Crippen LogP contribution in [0.5, 0.6) is 0 Å². The van der Waals surface area contributed by atoms with Crippen LogP contribution in [0.3, 0.4) is 0 Å². The number of amides is 1. The van der Waals surface area contributed by atoms with E-state index in [0.29, 0.717) is 24.3 Å². The molecule has 1 aromatic rings. The number of primary amides is 1. The second-order valence-corrected chi connectivity index (χ2v) is 4.67. The third-order valence-corrected chi connectivity index (χ3v) is 3.30. The third kappa shape index (κ3) is 2.51. The fourth-order valence-electron chi connectivity index (χ4n) is 2.42. The highest BCUT2D eigenvalue weighted by Crippen LogP contribution is 2.25. The van der Waals surface area contributed by atoms with Crippen LogP contribution in [0.25, 0.3) is 0 Å². The first-order valence-electron chi connectivity index (χ1n) is 6.19. The number of carbonyl (C=O) groups excluding carboxylic acids is 1. The van der Waals surface area contributed by atoms with Crippen molar-refractivity contribution in [3.8, 4) is 6.07 Å². The summed E-state index contributed by atoms with van der Waals surface area (Å²) in [4.78, 5) is 17.7. The van der Waals surface area contributed by atoms with Crippen molar-refractivity contribution < 1.29 is 4.79 Å². The Balaban J connectivity index is 2.50. The molecule has 1 fully saturated rings. The first-order valence-corrected chi connectivity index (χ1v) is 6.19. The lowest BCUT2D eigenvalue weighted by atomic mass is 10.1. The summed E-state index contributed by atoms with van der Waals surface area (Å²) in [5.41, 5.74) is 8.21. The number of aromatic nitrogens is 1. The highest BCUT2D eigenvalue weighted by Gasteiger charge is 2.29. The van der Waals surface area contributed by atoms with Crippen LogP contribution in [0.15, 0.2) is 6.07 Å². The minimum Gasteiger partial charge on any atom is -0.368 e. The molecular weight excluding hydrogens is 242 g/mol. The van der Waals surface area contributed by atoms with Gasteiger partial charge in [-0.2, -0.15) is 5.26 Å². The lowest BCUT2D eigenvalue weighted by Crippen LogP contribution is -2.57. The molecule has 1 aliphatic rings.